The van der Waals surface area contributed by atoms with Crippen LogP contribution < -0.4 is 5.32 Å². The Morgan fingerprint density at radius 3 is 2.32 bits per heavy atom. The van der Waals surface area contributed by atoms with E-state index in [4.69, 9.17) is 0 Å². The monoisotopic (exact) mass is 274 g/mol. The van der Waals surface area contributed by atoms with Gasteiger partial charge in [-0.25, -0.2) is 0 Å². The molecule has 6 heteroatoms. The molecule has 0 heterocycles. The van der Waals surface area contributed by atoms with Gasteiger partial charge in [0.05, 0.1) is 13.0 Å². The van der Waals surface area contributed by atoms with Gasteiger partial charge >= 0.3 is 6.18 Å². The third kappa shape index (κ3) is 5.74. The largest absolute Gasteiger partial charge is 0.390 e. The first-order valence-electron chi connectivity index (χ1n) is 5.85. The summed E-state index contributed by atoms with van der Waals surface area (Å²) in [6.45, 7) is -0.122. The zero-order valence-corrected chi connectivity index (χ0v) is 10.9. The lowest BCUT2D eigenvalue weighted by Gasteiger charge is -2.21. The number of carbonyl (C=O) groups is 1. The summed E-state index contributed by atoms with van der Waals surface area (Å²) in [5.41, 5.74) is 0.520. The number of nitrogens with zero attached hydrogens (tertiary/aromatic N) is 1. The van der Waals surface area contributed by atoms with Crippen LogP contribution in [-0.4, -0.2) is 37.6 Å². The van der Waals surface area contributed by atoms with Crippen molar-refractivity contribution < 1.29 is 18.0 Å². The first-order chi connectivity index (χ1) is 8.79. The smallest absolute Gasteiger partial charge is 0.348 e. The van der Waals surface area contributed by atoms with E-state index in [1.807, 2.05) is 0 Å². The second-order valence-electron chi connectivity index (χ2n) is 4.45. The minimum Gasteiger partial charge on any atom is -0.348 e. The van der Waals surface area contributed by atoms with Gasteiger partial charge in [0.1, 0.15) is 0 Å². The van der Waals surface area contributed by atoms with Crippen LogP contribution in [0, 0.1) is 0 Å². The van der Waals surface area contributed by atoms with Crippen molar-refractivity contribution in [3.8, 4) is 0 Å². The number of hydrogen-bond acceptors (Lipinski definition) is 2. The molecular weight excluding hydrogens is 257 g/mol. The number of likely N-dealkylation sites (N-methyl/N-ethyl adjacent to an activating group) is 1. The van der Waals surface area contributed by atoms with Crippen LogP contribution in [0.25, 0.3) is 0 Å². The van der Waals surface area contributed by atoms with Gasteiger partial charge in [-0.15, -0.1) is 0 Å². The van der Waals surface area contributed by atoms with Crippen molar-refractivity contribution in [3.05, 3.63) is 35.9 Å². The molecule has 1 N–H and O–H groups in total. The van der Waals surface area contributed by atoms with Crippen LogP contribution in [0.1, 0.15) is 18.0 Å². The van der Waals surface area contributed by atoms with E-state index in [0.29, 0.717) is 5.56 Å². The van der Waals surface area contributed by atoms with Crippen LogP contribution in [0.5, 0.6) is 0 Å². The number of carbonyl (C=O) groups excluding carboxylic acids is 1. The third-order valence-corrected chi connectivity index (χ3v) is 2.64. The van der Waals surface area contributed by atoms with E-state index in [1.54, 1.807) is 44.4 Å². The SMILES string of the molecule is CN(C)C(=O)CNC(CC(F)(F)F)c1ccccc1. The number of benzene rings is 1. The zero-order chi connectivity index (χ0) is 14.5. The molecule has 0 saturated heterocycles. The molecule has 106 valence electrons. The summed E-state index contributed by atoms with van der Waals surface area (Å²) in [4.78, 5) is 12.8. The van der Waals surface area contributed by atoms with Crippen LogP contribution in [-0.2, 0) is 4.79 Å². The van der Waals surface area contributed by atoms with E-state index in [9.17, 15) is 18.0 Å². The Bertz CT molecular complexity index is 404. The maximum Gasteiger partial charge on any atom is 0.390 e. The summed E-state index contributed by atoms with van der Waals surface area (Å²) in [7, 11) is 3.12. The maximum absolute atomic E-state index is 12.5. The number of rotatable bonds is 5. The van der Waals surface area contributed by atoms with E-state index in [-0.39, 0.29) is 12.5 Å². The van der Waals surface area contributed by atoms with E-state index in [1.165, 1.54) is 4.90 Å². The Labute approximate surface area is 110 Å². The molecule has 1 amide bonds. The molecule has 0 bridgehead atoms. The fourth-order valence-corrected chi connectivity index (χ4v) is 1.59. The topological polar surface area (TPSA) is 32.3 Å². The molecule has 0 aliphatic carbocycles. The molecule has 0 spiro atoms. The summed E-state index contributed by atoms with van der Waals surface area (Å²) in [5, 5.41) is 2.66. The van der Waals surface area contributed by atoms with E-state index in [2.05, 4.69) is 5.32 Å². The molecule has 1 unspecified atom stereocenters. The maximum atomic E-state index is 12.5. The van der Waals surface area contributed by atoms with Crippen molar-refractivity contribution in [2.45, 2.75) is 18.6 Å². The Morgan fingerprint density at radius 2 is 1.84 bits per heavy atom. The number of alkyl halides is 3. The molecule has 0 aromatic heterocycles. The highest BCUT2D eigenvalue weighted by Gasteiger charge is 2.32. The highest BCUT2D eigenvalue weighted by molar-refractivity contribution is 5.77. The van der Waals surface area contributed by atoms with Crippen LogP contribution in [0.15, 0.2) is 30.3 Å². The molecule has 0 aliphatic heterocycles. The standard InChI is InChI=1S/C13H17F3N2O/c1-18(2)12(19)9-17-11(8-13(14,15)16)10-6-4-3-5-7-10/h3-7,11,17H,8-9H2,1-2H3. The van der Waals surface area contributed by atoms with Gasteiger partial charge in [-0.3, -0.25) is 4.79 Å². The molecule has 19 heavy (non-hydrogen) atoms. The van der Waals surface area contributed by atoms with Gasteiger partial charge in [-0.1, -0.05) is 30.3 Å². The van der Waals surface area contributed by atoms with Crippen LogP contribution >= 0.6 is 0 Å². The predicted octanol–water partition coefficient (Wildman–Crippen LogP) is 2.36. The molecule has 0 aliphatic rings. The fraction of sp³-hybridized carbons (Fsp3) is 0.462. The molecular formula is C13H17F3N2O. The average Bonchev–Trinajstić information content (AvgIpc) is 2.33. The van der Waals surface area contributed by atoms with Gasteiger partial charge in [0.15, 0.2) is 0 Å². The molecule has 3 nitrogen and oxygen atoms in total. The Morgan fingerprint density at radius 1 is 1.26 bits per heavy atom. The minimum atomic E-state index is -4.28. The average molecular weight is 274 g/mol. The number of amides is 1. The quantitative estimate of drug-likeness (QED) is 0.894. The number of hydrogen-bond donors (Lipinski definition) is 1. The van der Waals surface area contributed by atoms with E-state index >= 15 is 0 Å². The molecule has 1 atom stereocenters. The van der Waals surface area contributed by atoms with Crippen molar-refractivity contribution in [2.24, 2.45) is 0 Å². The van der Waals surface area contributed by atoms with Crippen molar-refractivity contribution >= 4 is 5.91 Å². The molecule has 1 aromatic rings. The molecule has 0 fully saturated rings. The van der Waals surface area contributed by atoms with Crippen molar-refractivity contribution in [2.75, 3.05) is 20.6 Å². The second kappa shape index (κ2) is 6.56. The van der Waals surface area contributed by atoms with Crippen LogP contribution in [0.3, 0.4) is 0 Å². The summed E-state index contributed by atoms with van der Waals surface area (Å²) < 4.78 is 37.6. The second-order valence-corrected chi connectivity index (χ2v) is 4.45. The molecule has 1 aromatic carbocycles. The van der Waals surface area contributed by atoms with Crippen LogP contribution in [0.2, 0.25) is 0 Å². The van der Waals surface area contributed by atoms with Crippen molar-refractivity contribution in [1.82, 2.24) is 10.2 Å². The minimum absolute atomic E-state index is 0.122. The Balaban J connectivity index is 2.74. The van der Waals surface area contributed by atoms with Gasteiger partial charge in [-0.2, -0.15) is 13.2 Å². The lowest BCUT2D eigenvalue weighted by molar-refractivity contribution is -0.142. The van der Waals surface area contributed by atoms with E-state index in [0.717, 1.165) is 0 Å². The lowest BCUT2D eigenvalue weighted by atomic mass is 10.0. The highest BCUT2D eigenvalue weighted by atomic mass is 19.4. The highest BCUT2D eigenvalue weighted by Crippen LogP contribution is 2.29. The van der Waals surface area contributed by atoms with Gasteiger partial charge in [0.2, 0.25) is 5.91 Å². The summed E-state index contributed by atoms with van der Waals surface area (Å²) >= 11 is 0. The summed E-state index contributed by atoms with van der Waals surface area (Å²) in [6.07, 6.45) is -5.29. The van der Waals surface area contributed by atoms with Crippen molar-refractivity contribution in [1.29, 1.82) is 0 Å². The Hall–Kier alpha value is -1.56. The predicted molar refractivity (Wildman–Crippen MR) is 66.6 cm³/mol. The van der Waals surface area contributed by atoms with Crippen molar-refractivity contribution in [3.63, 3.8) is 0 Å². The van der Waals surface area contributed by atoms with Gasteiger partial charge in [0.25, 0.3) is 0 Å². The molecule has 1 rings (SSSR count). The Kier molecular flexibility index (Phi) is 5.35. The van der Waals surface area contributed by atoms with Gasteiger partial charge in [0, 0.05) is 20.1 Å². The first-order valence-corrected chi connectivity index (χ1v) is 5.85. The normalized spacial score (nSPS) is 13.1. The number of nitrogens with one attached hydrogen (secondary N) is 1. The lowest BCUT2D eigenvalue weighted by Crippen LogP contribution is -2.36. The van der Waals surface area contributed by atoms with E-state index < -0.39 is 18.6 Å². The zero-order valence-electron chi connectivity index (χ0n) is 10.9. The number of halogens is 3. The summed E-state index contributed by atoms with van der Waals surface area (Å²) in [6, 6.07) is 7.40. The van der Waals surface area contributed by atoms with Gasteiger partial charge < -0.3 is 10.2 Å². The fourth-order valence-electron chi connectivity index (χ4n) is 1.59. The molecule has 0 radical (unpaired) electrons. The molecule has 0 saturated carbocycles. The third-order valence-electron chi connectivity index (χ3n) is 2.64. The first kappa shape index (κ1) is 15.5. The van der Waals surface area contributed by atoms with Crippen LogP contribution in [0.4, 0.5) is 13.2 Å². The van der Waals surface area contributed by atoms with Gasteiger partial charge in [-0.05, 0) is 5.56 Å². The summed E-state index contributed by atoms with van der Waals surface area (Å²) in [5.74, 6) is -0.261.